The number of aliphatic carboxylic acids is 1. The largest absolute Gasteiger partial charge is 0.481 e. The summed E-state index contributed by atoms with van der Waals surface area (Å²) in [5.74, 6) is 0.126. The van der Waals surface area contributed by atoms with Crippen molar-refractivity contribution in [2.24, 2.45) is 0 Å². The van der Waals surface area contributed by atoms with Crippen molar-refractivity contribution in [1.29, 1.82) is 0 Å². The van der Waals surface area contributed by atoms with Gasteiger partial charge in [0, 0.05) is 23.7 Å². The molecule has 2 N–H and O–H groups in total. The summed E-state index contributed by atoms with van der Waals surface area (Å²) in [6.45, 7) is 5.24. The average Bonchev–Trinajstić information content (AvgIpc) is 3.33. The first kappa shape index (κ1) is 24.6. The molecule has 0 saturated carbocycles. The minimum Gasteiger partial charge on any atom is -0.481 e. The van der Waals surface area contributed by atoms with E-state index in [9.17, 15) is 4.79 Å². The number of hydrogen-bond donors (Lipinski definition) is 2. The van der Waals surface area contributed by atoms with Gasteiger partial charge < -0.3 is 14.9 Å². The zero-order valence-corrected chi connectivity index (χ0v) is 20.5. The lowest BCUT2D eigenvalue weighted by atomic mass is 9.90. The Morgan fingerprint density at radius 2 is 1.80 bits per heavy atom. The van der Waals surface area contributed by atoms with Crippen LogP contribution in [0.4, 0.5) is 0 Å². The maximum atomic E-state index is 10.6. The van der Waals surface area contributed by atoms with Crippen molar-refractivity contribution >= 4 is 17.6 Å². The number of carboxylic acids is 1. The number of carboxylic acid groups (broad SMARTS) is 1. The molecule has 7 heteroatoms. The van der Waals surface area contributed by atoms with Crippen LogP contribution in [0.3, 0.4) is 0 Å². The van der Waals surface area contributed by atoms with E-state index in [-0.39, 0.29) is 12.3 Å². The molecule has 180 valence electrons. The molecule has 4 aromatic rings. The van der Waals surface area contributed by atoms with Gasteiger partial charge in [0.25, 0.3) is 0 Å². The second kappa shape index (κ2) is 11.3. The molecule has 0 aliphatic carbocycles. The smallest absolute Gasteiger partial charge is 0.304 e. The Labute approximate surface area is 210 Å². The number of halogens is 1. The van der Waals surface area contributed by atoms with Crippen LogP contribution >= 0.6 is 11.6 Å². The van der Waals surface area contributed by atoms with Crippen LogP contribution in [0, 0.1) is 13.8 Å². The Hall–Kier alpha value is -3.48. The van der Waals surface area contributed by atoms with Gasteiger partial charge in [0.15, 0.2) is 0 Å². The molecule has 0 aliphatic heterocycles. The fourth-order valence-electron chi connectivity index (χ4n) is 3.93. The van der Waals surface area contributed by atoms with Gasteiger partial charge in [-0.2, -0.15) is 4.98 Å². The summed E-state index contributed by atoms with van der Waals surface area (Å²) in [7, 11) is 0. The lowest BCUT2D eigenvalue weighted by molar-refractivity contribution is -0.136. The van der Waals surface area contributed by atoms with Crippen LogP contribution in [0.1, 0.15) is 46.0 Å². The third-order valence-electron chi connectivity index (χ3n) is 6.06. The Balaban J connectivity index is 1.54. The topological polar surface area (TPSA) is 88.2 Å². The molecule has 1 unspecified atom stereocenters. The molecule has 0 fully saturated rings. The van der Waals surface area contributed by atoms with Gasteiger partial charge in [-0.1, -0.05) is 71.4 Å². The summed E-state index contributed by atoms with van der Waals surface area (Å²) in [5, 5.41) is 16.8. The SMILES string of the molecule is Cc1ccc(CC(c2cccc(Cl)c2)c2nc(-c3ccc(CNCCC(=O)O)cc3)no2)cc1C. The standard InChI is InChI=1S/C28H28ClN3O3/c1-18-6-7-21(14-19(18)2)15-25(23-4-3-5-24(29)16-23)28-31-27(32-35-28)22-10-8-20(9-11-22)17-30-13-12-26(33)34/h3-11,14,16,25,30H,12-13,15,17H2,1-2H3,(H,33,34). The van der Waals surface area contributed by atoms with E-state index in [1.165, 1.54) is 16.7 Å². The third-order valence-corrected chi connectivity index (χ3v) is 6.29. The first-order valence-corrected chi connectivity index (χ1v) is 11.9. The molecule has 0 spiro atoms. The summed E-state index contributed by atoms with van der Waals surface area (Å²) >= 11 is 6.30. The van der Waals surface area contributed by atoms with Gasteiger partial charge in [-0.05, 0) is 60.2 Å². The van der Waals surface area contributed by atoms with Gasteiger partial charge in [0.2, 0.25) is 11.7 Å². The molecule has 0 amide bonds. The van der Waals surface area contributed by atoms with Crippen LogP contribution in [0.15, 0.2) is 71.3 Å². The first-order chi connectivity index (χ1) is 16.9. The summed E-state index contributed by atoms with van der Waals surface area (Å²) in [5.41, 5.74) is 6.62. The number of aryl methyl sites for hydroxylation is 2. The summed E-state index contributed by atoms with van der Waals surface area (Å²) in [6, 6.07) is 22.1. The number of nitrogens with one attached hydrogen (secondary N) is 1. The molecular weight excluding hydrogens is 462 g/mol. The van der Waals surface area contributed by atoms with Crippen LogP contribution in [0.2, 0.25) is 5.02 Å². The van der Waals surface area contributed by atoms with E-state index in [4.69, 9.17) is 26.2 Å². The van der Waals surface area contributed by atoms with Crippen LogP contribution in [0.5, 0.6) is 0 Å². The minimum atomic E-state index is -0.811. The molecule has 1 heterocycles. The van der Waals surface area contributed by atoms with Gasteiger partial charge in [-0.3, -0.25) is 4.79 Å². The van der Waals surface area contributed by atoms with E-state index in [1.807, 2.05) is 48.5 Å². The average molecular weight is 490 g/mol. The van der Waals surface area contributed by atoms with Gasteiger partial charge in [0.05, 0.1) is 12.3 Å². The number of hydrogen-bond acceptors (Lipinski definition) is 5. The normalized spacial score (nSPS) is 12.0. The summed E-state index contributed by atoms with van der Waals surface area (Å²) in [6.07, 6.45) is 0.809. The monoisotopic (exact) mass is 489 g/mol. The lowest BCUT2D eigenvalue weighted by Crippen LogP contribution is -2.17. The molecule has 4 rings (SSSR count). The first-order valence-electron chi connectivity index (χ1n) is 11.6. The maximum absolute atomic E-state index is 10.6. The minimum absolute atomic E-state index is 0.0969. The molecular formula is C28H28ClN3O3. The molecule has 35 heavy (non-hydrogen) atoms. The van der Waals surface area contributed by atoms with Crippen LogP contribution in [0.25, 0.3) is 11.4 Å². The summed E-state index contributed by atoms with van der Waals surface area (Å²) < 4.78 is 5.76. The van der Waals surface area contributed by atoms with E-state index in [0.29, 0.717) is 36.2 Å². The molecule has 0 aliphatic rings. The predicted octanol–water partition coefficient (Wildman–Crippen LogP) is 5.95. The highest BCUT2D eigenvalue weighted by molar-refractivity contribution is 6.30. The Bertz CT molecular complexity index is 1300. The number of rotatable bonds is 10. The van der Waals surface area contributed by atoms with Crippen LogP contribution in [-0.2, 0) is 17.8 Å². The van der Waals surface area contributed by atoms with Crippen molar-refractivity contribution in [2.75, 3.05) is 6.54 Å². The van der Waals surface area contributed by atoms with Gasteiger partial charge in [0.1, 0.15) is 0 Å². The van der Waals surface area contributed by atoms with Gasteiger partial charge in [-0.15, -0.1) is 0 Å². The van der Waals surface area contributed by atoms with Crippen molar-refractivity contribution in [1.82, 2.24) is 15.5 Å². The van der Waals surface area contributed by atoms with Crippen molar-refractivity contribution < 1.29 is 14.4 Å². The van der Waals surface area contributed by atoms with E-state index in [1.54, 1.807) is 0 Å². The Morgan fingerprint density at radius 1 is 1.03 bits per heavy atom. The fourth-order valence-corrected chi connectivity index (χ4v) is 4.13. The highest BCUT2D eigenvalue weighted by Gasteiger charge is 2.23. The highest BCUT2D eigenvalue weighted by atomic mass is 35.5. The molecule has 3 aromatic carbocycles. The van der Waals surface area contributed by atoms with Crippen molar-refractivity contribution in [2.45, 2.75) is 39.2 Å². The second-order valence-corrected chi connectivity index (χ2v) is 9.14. The Kier molecular flexibility index (Phi) is 7.95. The predicted molar refractivity (Wildman–Crippen MR) is 137 cm³/mol. The molecule has 0 bridgehead atoms. The third kappa shape index (κ3) is 6.56. The van der Waals surface area contributed by atoms with Crippen LogP contribution < -0.4 is 5.32 Å². The molecule has 0 radical (unpaired) electrons. The number of nitrogens with zero attached hydrogens (tertiary/aromatic N) is 2. The zero-order chi connectivity index (χ0) is 24.8. The fraction of sp³-hybridized carbons (Fsp3) is 0.250. The van der Waals surface area contributed by atoms with Crippen LogP contribution in [-0.4, -0.2) is 27.8 Å². The molecule has 1 atom stereocenters. The van der Waals surface area contributed by atoms with Crippen molar-refractivity contribution in [3.05, 3.63) is 105 Å². The maximum Gasteiger partial charge on any atom is 0.304 e. The van der Waals surface area contributed by atoms with Crippen molar-refractivity contribution in [3.8, 4) is 11.4 Å². The second-order valence-electron chi connectivity index (χ2n) is 8.70. The molecule has 6 nitrogen and oxygen atoms in total. The van der Waals surface area contributed by atoms with Gasteiger partial charge in [-0.25, -0.2) is 0 Å². The highest BCUT2D eigenvalue weighted by Crippen LogP contribution is 2.31. The Morgan fingerprint density at radius 3 is 2.51 bits per heavy atom. The van der Waals surface area contributed by atoms with E-state index >= 15 is 0 Å². The number of aromatic nitrogens is 2. The van der Waals surface area contributed by atoms with E-state index < -0.39 is 5.97 Å². The lowest BCUT2D eigenvalue weighted by Gasteiger charge is -2.15. The summed E-state index contributed by atoms with van der Waals surface area (Å²) in [4.78, 5) is 15.4. The zero-order valence-electron chi connectivity index (χ0n) is 19.8. The van der Waals surface area contributed by atoms with E-state index in [0.717, 1.165) is 16.7 Å². The number of benzene rings is 3. The molecule has 1 aromatic heterocycles. The van der Waals surface area contributed by atoms with Crippen molar-refractivity contribution in [3.63, 3.8) is 0 Å². The quantitative estimate of drug-likeness (QED) is 0.268. The van der Waals surface area contributed by atoms with Gasteiger partial charge >= 0.3 is 5.97 Å². The van der Waals surface area contributed by atoms with E-state index in [2.05, 4.69) is 42.5 Å². The number of carbonyl (C=O) groups is 1. The molecule has 0 saturated heterocycles.